The van der Waals surface area contributed by atoms with Crippen LogP contribution in [0.2, 0.25) is 0 Å². The highest BCUT2D eigenvalue weighted by molar-refractivity contribution is 5.82. The molecule has 17 heavy (non-hydrogen) atoms. The molecule has 2 bridgehead atoms. The molecule has 3 unspecified atom stereocenters. The van der Waals surface area contributed by atoms with Gasteiger partial charge in [0.05, 0.1) is 6.10 Å². The number of aliphatic carboxylic acids is 1. The number of piperidine rings is 1. The van der Waals surface area contributed by atoms with Crippen LogP contribution in [0.4, 0.5) is 13.2 Å². The Kier molecular flexibility index (Phi) is 2.76. The van der Waals surface area contributed by atoms with E-state index >= 15 is 0 Å². The first kappa shape index (κ1) is 12.2. The summed E-state index contributed by atoms with van der Waals surface area (Å²) in [6, 6.07) is 0. The predicted octanol–water partition coefficient (Wildman–Crippen LogP) is 0.249. The molecular formula is C9H10F3NO4. The molecule has 0 radical (unpaired) electrons. The second-order valence-electron chi connectivity index (χ2n) is 4.22. The Labute approximate surface area is 94.1 Å². The standard InChI is InChI=1S/C9H10F3NO4/c10-9(11,12)8(16)13-2-4-1-5(3-13)17-6(4)7(14)15/h4-6H,1-3H2,(H,14,15). The molecule has 8 heteroatoms. The molecule has 0 saturated carbocycles. The zero-order chi connectivity index (χ0) is 12.8. The number of nitrogens with zero attached hydrogens (tertiary/aromatic N) is 1. The molecule has 0 aromatic carbocycles. The van der Waals surface area contributed by atoms with E-state index in [-0.39, 0.29) is 13.1 Å². The Morgan fingerprint density at radius 2 is 1.94 bits per heavy atom. The molecule has 2 fully saturated rings. The first-order valence-electron chi connectivity index (χ1n) is 5.03. The molecular weight excluding hydrogens is 243 g/mol. The highest BCUT2D eigenvalue weighted by atomic mass is 19.4. The number of halogens is 3. The van der Waals surface area contributed by atoms with Gasteiger partial charge in [-0.25, -0.2) is 4.79 Å². The van der Waals surface area contributed by atoms with Gasteiger partial charge in [-0.2, -0.15) is 13.2 Å². The average molecular weight is 253 g/mol. The fourth-order valence-electron chi connectivity index (χ4n) is 2.33. The van der Waals surface area contributed by atoms with Crippen molar-refractivity contribution in [3.63, 3.8) is 0 Å². The molecule has 0 aromatic rings. The molecule has 3 atom stereocenters. The molecule has 2 aliphatic heterocycles. The van der Waals surface area contributed by atoms with Gasteiger partial charge in [-0.3, -0.25) is 4.79 Å². The first-order valence-corrected chi connectivity index (χ1v) is 5.03. The van der Waals surface area contributed by atoms with Gasteiger partial charge in [0.25, 0.3) is 0 Å². The molecule has 1 amide bonds. The van der Waals surface area contributed by atoms with Gasteiger partial charge in [-0.15, -0.1) is 0 Å². The van der Waals surface area contributed by atoms with Crippen LogP contribution in [0.15, 0.2) is 0 Å². The van der Waals surface area contributed by atoms with Crippen LogP contribution < -0.4 is 0 Å². The maximum absolute atomic E-state index is 12.2. The van der Waals surface area contributed by atoms with Gasteiger partial charge in [0.15, 0.2) is 6.10 Å². The van der Waals surface area contributed by atoms with E-state index in [1.54, 1.807) is 0 Å². The summed E-state index contributed by atoms with van der Waals surface area (Å²) >= 11 is 0. The van der Waals surface area contributed by atoms with Crippen molar-refractivity contribution in [3.8, 4) is 0 Å². The Hall–Kier alpha value is -1.31. The summed E-state index contributed by atoms with van der Waals surface area (Å²) in [5.74, 6) is -3.68. The summed E-state index contributed by atoms with van der Waals surface area (Å²) < 4.78 is 41.7. The van der Waals surface area contributed by atoms with Crippen LogP contribution in [-0.2, 0) is 14.3 Å². The topological polar surface area (TPSA) is 66.8 Å². The fourth-order valence-corrected chi connectivity index (χ4v) is 2.33. The van der Waals surface area contributed by atoms with E-state index in [4.69, 9.17) is 9.84 Å². The molecule has 0 spiro atoms. The van der Waals surface area contributed by atoms with Crippen LogP contribution in [0.25, 0.3) is 0 Å². The second kappa shape index (κ2) is 3.86. The SMILES string of the molecule is O=C(O)C1OC2CC1CN(C(=O)C(F)(F)F)C2. The second-order valence-corrected chi connectivity index (χ2v) is 4.22. The fraction of sp³-hybridized carbons (Fsp3) is 0.778. The number of ether oxygens (including phenoxy) is 1. The van der Waals surface area contributed by atoms with Crippen molar-refractivity contribution < 1.29 is 32.6 Å². The summed E-state index contributed by atoms with van der Waals surface area (Å²) in [4.78, 5) is 22.4. The van der Waals surface area contributed by atoms with Gasteiger partial charge in [-0.05, 0) is 6.42 Å². The smallest absolute Gasteiger partial charge is 0.471 e. The minimum Gasteiger partial charge on any atom is -0.479 e. The lowest BCUT2D eigenvalue weighted by Gasteiger charge is -2.30. The molecule has 5 nitrogen and oxygen atoms in total. The van der Waals surface area contributed by atoms with Gasteiger partial charge in [0.1, 0.15) is 0 Å². The summed E-state index contributed by atoms with van der Waals surface area (Å²) in [5, 5.41) is 8.79. The number of carbonyl (C=O) groups is 2. The minimum atomic E-state index is -4.92. The van der Waals surface area contributed by atoms with E-state index in [0.29, 0.717) is 11.3 Å². The maximum Gasteiger partial charge on any atom is 0.471 e. The number of carboxylic acid groups (broad SMARTS) is 1. The van der Waals surface area contributed by atoms with E-state index in [1.807, 2.05) is 0 Å². The number of likely N-dealkylation sites (tertiary alicyclic amines) is 1. The van der Waals surface area contributed by atoms with Crippen molar-refractivity contribution in [1.29, 1.82) is 0 Å². The zero-order valence-electron chi connectivity index (χ0n) is 8.61. The largest absolute Gasteiger partial charge is 0.479 e. The van der Waals surface area contributed by atoms with Crippen LogP contribution in [-0.4, -0.2) is 53.4 Å². The normalized spacial score (nSPS) is 32.6. The van der Waals surface area contributed by atoms with E-state index in [0.717, 1.165) is 0 Å². The maximum atomic E-state index is 12.2. The Bertz CT molecular complexity index is 357. The third kappa shape index (κ3) is 2.21. The number of carbonyl (C=O) groups excluding carboxylic acids is 1. The van der Waals surface area contributed by atoms with E-state index in [9.17, 15) is 22.8 Å². The number of amides is 1. The summed E-state index contributed by atoms with van der Waals surface area (Å²) in [6.45, 7) is -0.412. The Balaban J connectivity index is 2.08. The monoisotopic (exact) mass is 253 g/mol. The Morgan fingerprint density at radius 3 is 2.47 bits per heavy atom. The Morgan fingerprint density at radius 1 is 1.29 bits per heavy atom. The lowest BCUT2D eigenvalue weighted by atomic mass is 9.95. The van der Waals surface area contributed by atoms with E-state index < -0.39 is 36.2 Å². The molecule has 0 aliphatic carbocycles. The van der Waals surface area contributed by atoms with Crippen molar-refractivity contribution in [3.05, 3.63) is 0 Å². The van der Waals surface area contributed by atoms with Gasteiger partial charge in [-0.1, -0.05) is 0 Å². The number of carboxylic acids is 1. The van der Waals surface area contributed by atoms with Gasteiger partial charge in [0, 0.05) is 19.0 Å². The molecule has 0 aromatic heterocycles. The molecule has 2 heterocycles. The van der Waals surface area contributed by atoms with E-state index in [2.05, 4.69) is 0 Å². The van der Waals surface area contributed by atoms with Crippen LogP contribution in [0.5, 0.6) is 0 Å². The quantitative estimate of drug-likeness (QED) is 0.727. The van der Waals surface area contributed by atoms with Crippen LogP contribution in [0, 0.1) is 5.92 Å². The van der Waals surface area contributed by atoms with Gasteiger partial charge in [0.2, 0.25) is 0 Å². The molecule has 2 saturated heterocycles. The molecule has 2 rings (SSSR count). The number of hydrogen-bond donors (Lipinski definition) is 1. The highest BCUT2D eigenvalue weighted by Gasteiger charge is 2.50. The van der Waals surface area contributed by atoms with Crippen molar-refractivity contribution in [1.82, 2.24) is 4.90 Å². The molecule has 1 N–H and O–H groups in total. The zero-order valence-corrected chi connectivity index (χ0v) is 8.61. The predicted molar refractivity (Wildman–Crippen MR) is 47.0 cm³/mol. The summed E-state index contributed by atoms with van der Waals surface area (Å²) in [6.07, 6.45) is -6.25. The van der Waals surface area contributed by atoms with Crippen LogP contribution in [0.3, 0.4) is 0 Å². The van der Waals surface area contributed by atoms with Crippen molar-refractivity contribution in [2.24, 2.45) is 5.92 Å². The average Bonchev–Trinajstić information content (AvgIpc) is 2.51. The molecule has 96 valence electrons. The van der Waals surface area contributed by atoms with Crippen molar-refractivity contribution in [2.75, 3.05) is 13.1 Å². The van der Waals surface area contributed by atoms with Crippen molar-refractivity contribution >= 4 is 11.9 Å². The first-order chi connectivity index (χ1) is 7.79. The van der Waals surface area contributed by atoms with Crippen molar-refractivity contribution in [2.45, 2.75) is 24.8 Å². The summed E-state index contributed by atoms with van der Waals surface area (Å²) in [7, 11) is 0. The lowest BCUT2D eigenvalue weighted by molar-refractivity contribution is -0.187. The third-order valence-electron chi connectivity index (χ3n) is 2.98. The third-order valence-corrected chi connectivity index (χ3v) is 2.98. The lowest BCUT2D eigenvalue weighted by Crippen LogP contribution is -2.49. The molecule has 2 aliphatic rings. The number of fused-ring (bicyclic) bond motifs is 2. The number of alkyl halides is 3. The van der Waals surface area contributed by atoms with Gasteiger partial charge < -0.3 is 14.7 Å². The minimum absolute atomic E-state index is 0.196. The van der Waals surface area contributed by atoms with E-state index in [1.165, 1.54) is 0 Å². The van der Waals surface area contributed by atoms with Gasteiger partial charge >= 0.3 is 18.1 Å². The van der Waals surface area contributed by atoms with Crippen LogP contribution >= 0.6 is 0 Å². The summed E-state index contributed by atoms with van der Waals surface area (Å²) in [5.41, 5.74) is 0. The van der Waals surface area contributed by atoms with Crippen LogP contribution in [0.1, 0.15) is 6.42 Å². The highest BCUT2D eigenvalue weighted by Crippen LogP contribution is 2.34. The number of hydrogen-bond acceptors (Lipinski definition) is 3. The number of rotatable bonds is 1.